The number of ether oxygens (including phenoxy) is 1. The number of anilines is 2. The second kappa shape index (κ2) is 5.87. The lowest BCUT2D eigenvalue weighted by Gasteiger charge is -2.13. The molecule has 1 aliphatic heterocycles. The van der Waals surface area contributed by atoms with Gasteiger partial charge in [-0.3, -0.25) is 9.88 Å². The highest BCUT2D eigenvalue weighted by Crippen LogP contribution is 2.30. The zero-order valence-electron chi connectivity index (χ0n) is 14.3. The predicted octanol–water partition coefficient (Wildman–Crippen LogP) is 2.49. The molecule has 1 fully saturated rings. The van der Waals surface area contributed by atoms with Gasteiger partial charge in [0.25, 0.3) is 0 Å². The Morgan fingerprint density at radius 2 is 2.12 bits per heavy atom. The summed E-state index contributed by atoms with van der Waals surface area (Å²) in [6.45, 7) is 5.94. The van der Waals surface area contributed by atoms with Crippen molar-refractivity contribution >= 4 is 39.7 Å². The fourth-order valence-corrected chi connectivity index (χ4v) is 3.32. The summed E-state index contributed by atoms with van der Waals surface area (Å²) in [6.07, 6.45) is 3.12. The maximum absolute atomic E-state index is 11.8. The van der Waals surface area contributed by atoms with Gasteiger partial charge in [-0.05, 0) is 12.5 Å². The molecule has 130 valence electrons. The van der Waals surface area contributed by atoms with Crippen LogP contribution in [0, 0.1) is 0 Å². The van der Waals surface area contributed by atoms with Crippen LogP contribution in [0.3, 0.4) is 0 Å². The molecule has 0 unspecified atom stereocenters. The summed E-state index contributed by atoms with van der Waals surface area (Å²) in [6, 6.07) is 1.83. The third-order valence-corrected chi connectivity index (χ3v) is 4.44. The van der Waals surface area contributed by atoms with Gasteiger partial charge in [-0.1, -0.05) is 13.8 Å². The molecule has 0 aromatic carbocycles. The van der Waals surface area contributed by atoms with Crippen LogP contribution in [0.4, 0.5) is 16.3 Å². The lowest BCUT2D eigenvalue weighted by molar-refractivity contribution is 0.181. The fourth-order valence-electron chi connectivity index (χ4n) is 3.32. The smallest absolute Gasteiger partial charge is 0.414 e. The second-order valence-electron chi connectivity index (χ2n) is 6.05. The van der Waals surface area contributed by atoms with Crippen LogP contribution >= 0.6 is 0 Å². The number of nitrogens with zero attached hydrogens (tertiary/aromatic N) is 5. The average molecular weight is 340 g/mol. The number of pyridine rings is 2. The molecule has 1 aliphatic rings. The Bertz CT molecular complexity index is 980. The SMILES string of the molecule is CCCn1c(CC)nc2c(N)nc3cc(N4CCOC4=O)cnc3c21. The number of imidazole rings is 1. The summed E-state index contributed by atoms with van der Waals surface area (Å²) >= 11 is 0. The summed E-state index contributed by atoms with van der Waals surface area (Å²) in [7, 11) is 0. The number of hydrogen-bond acceptors (Lipinski definition) is 6. The van der Waals surface area contributed by atoms with Gasteiger partial charge in [0.15, 0.2) is 5.82 Å². The normalized spacial score (nSPS) is 14.6. The minimum atomic E-state index is -0.362. The van der Waals surface area contributed by atoms with Gasteiger partial charge in [0.1, 0.15) is 29.0 Å². The summed E-state index contributed by atoms with van der Waals surface area (Å²) in [5, 5.41) is 0. The van der Waals surface area contributed by atoms with Crippen LogP contribution < -0.4 is 10.6 Å². The average Bonchev–Trinajstić information content (AvgIpc) is 3.19. The molecule has 2 N–H and O–H groups in total. The Kier molecular flexibility index (Phi) is 3.67. The molecule has 0 atom stereocenters. The molecule has 0 spiro atoms. The van der Waals surface area contributed by atoms with Crippen molar-refractivity contribution in [3.05, 3.63) is 18.1 Å². The highest BCUT2D eigenvalue weighted by Gasteiger charge is 2.25. The van der Waals surface area contributed by atoms with E-state index in [-0.39, 0.29) is 6.09 Å². The monoisotopic (exact) mass is 340 g/mol. The van der Waals surface area contributed by atoms with Crippen molar-refractivity contribution in [3.8, 4) is 0 Å². The number of rotatable bonds is 4. The van der Waals surface area contributed by atoms with Crippen LogP contribution in [-0.4, -0.2) is 38.8 Å². The van der Waals surface area contributed by atoms with Crippen molar-refractivity contribution in [1.82, 2.24) is 19.5 Å². The van der Waals surface area contributed by atoms with Crippen molar-refractivity contribution < 1.29 is 9.53 Å². The Hall–Kier alpha value is -2.90. The molecule has 0 radical (unpaired) electrons. The number of aryl methyl sites for hydroxylation is 2. The zero-order valence-corrected chi connectivity index (χ0v) is 14.3. The topological polar surface area (TPSA) is 99.2 Å². The van der Waals surface area contributed by atoms with Crippen LogP contribution in [-0.2, 0) is 17.7 Å². The number of aromatic nitrogens is 4. The molecule has 0 aliphatic carbocycles. The third kappa shape index (κ3) is 2.36. The first-order chi connectivity index (χ1) is 12.1. The van der Waals surface area contributed by atoms with E-state index in [9.17, 15) is 4.79 Å². The highest BCUT2D eigenvalue weighted by molar-refractivity contribution is 6.05. The number of carbonyl (C=O) groups excluding carboxylic acids is 1. The van der Waals surface area contributed by atoms with Gasteiger partial charge >= 0.3 is 6.09 Å². The molecule has 0 bridgehead atoms. The van der Waals surface area contributed by atoms with Crippen molar-refractivity contribution in [2.45, 2.75) is 33.2 Å². The Morgan fingerprint density at radius 1 is 1.28 bits per heavy atom. The first kappa shape index (κ1) is 15.6. The van der Waals surface area contributed by atoms with E-state index in [1.807, 2.05) is 6.07 Å². The molecule has 25 heavy (non-hydrogen) atoms. The number of amides is 1. The minimum absolute atomic E-state index is 0.362. The molecule has 8 heteroatoms. The maximum Gasteiger partial charge on any atom is 0.414 e. The van der Waals surface area contributed by atoms with Crippen LogP contribution in [0.5, 0.6) is 0 Å². The van der Waals surface area contributed by atoms with Crippen molar-refractivity contribution in [3.63, 3.8) is 0 Å². The number of cyclic esters (lactones) is 1. The third-order valence-electron chi connectivity index (χ3n) is 4.44. The molecular weight excluding hydrogens is 320 g/mol. The van der Waals surface area contributed by atoms with Crippen LogP contribution in [0.1, 0.15) is 26.1 Å². The maximum atomic E-state index is 11.8. The number of nitrogen functional groups attached to an aromatic ring is 1. The van der Waals surface area contributed by atoms with Gasteiger partial charge in [-0.2, -0.15) is 0 Å². The molecular formula is C17H20N6O2. The number of fused-ring (bicyclic) bond motifs is 3. The summed E-state index contributed by atoms with van der Waals surface area (Å²) in [5.74, 6) is 1.36. The van der Waals surface area contributed by atoms with E-state index in [0.717, 1.165) is 36.2 Å². The van der Waals surface area contributed by atoms with E-state index in [1.165, 1.54) is 0 Å². The van der Waals surface area contributed by atoms with E-state index in [1.54, 1.807) is 11.1 Å². The summed E-state index contributed by atoms with van der Waals surface area (Å²) < 4.78 is 7.17. The van der Waals surface area contributed by atoms with E-state index < -0.39 is 0 Å². The fraction of sp³-hybridized carbons (Fsp3) is 0.412. The van der Waals surface area contributed by atoms with Crippen molar-refractivity contribution in [1.29, 1.82) is 0 Å². The van der Waals surface area contributed by atoms with Crippen molar-refractivity contribution in [2.24, 2.45) is 0 Å². The van der Waals surface area contributed by atoms with Gasteiger partial charge in [0.05, 0.1) is 23.9 Å². The summed E-state index contributed by atoms with van der Waals surface area (Å²) in [4.78, 5) is 27.1. The molecule has 8 nitrogen and oxygen atoms in total. The molecule has 3 aromatic rings. The molecule has 3 aromatic heterocycles. The van der Waals surface area contributed by atoms with Gasteiger partial charge in [0.2, 0.25) is 0 Å². The number of carbonyl (C=O) groups is 1. The van der Waals surface area contributed by atoms with Crippen LogP contribution in [0.15, 0.2) is 12.3 Å². The molecule has 4 heterocycles. The number of nitrogens with two attached hydrogens (primary N) is 1. The van der Waals surface area contributed by atoms with Gasteiger partial charge in [-0.25, -0.2) is 14.8 Å². The predicted molar refractivity (Wildman–Crippen MR) is 95.6 cm³/mol. The largest absolute Gasteiger partial charge is 0.447 e. The number of hydrogen-bond donors (Lipinski definition) is 1. The second-order valence-corrected chi connectivity index (χ2v) is 6.05. The molecule has 0 saturated carbocycles. The standard InChI is InChI=1S/C17H20N6O2/c1-3-5-23-12(4-2)21-14-15(23)13-11(20-16(14)18)8-10(9-19-13)22-6-7-25-17(22)24/h8-9H,3-7H2,1-2H3,(H2,18,20). The zero-order chi connectivity index (χ0) is 17.6. The molecule has 4 rings (SSSR count). The minimum Gasteiger partial charge on any atom is -0.447 e. The first-order valence-corrected chi connectivity index (χ1v) is 8.52. The highest BCUT2D eigenvalue weighted by atomic mass is 16.6. The lowest BCUT2D eigenvalue weighted by Crippen LogP contribution is -2.23. The van der Waals surface area contributed by atoms with Crippen LogP contribution in [0.2, 0.25) is 0 Å². The molecule has 1 saturated heterocycles. The Labute approximate surface area is 144 Å². The van der Waals surface area contributed by atoms with Gasteiger partial charge in [0, 0.05) is 13.0 Å². The van der Waals surface area contributed by atoms with Gasteiger partial charge < -0.3 is 15.0 Å². The summed E-state index contributed by atoms with van der Waals surface area (Å²) in [5.41, 5.74) is 9.84. The Morgan fingerprint density at radius 3 is 2.80 bits per heavy atom. The first-order valence-electron chi connectivity index (χ1n) is 8.52. The van der Waals surface area contributed by atoms with Crippen molar-refractivity contribution in [2.75, 3.05) is 23.8 Å². The van der Waals surface area contributed by atoms with E-state index >= 15 is 0 Å². The van der Waals surface area contributed by atoms with Crippen LogP contribution in [0.25, 0.3) is 22.1 Å². The van der Waals surface area contributed by atoms with E-state index in [0.29, 0.717) is 35.7 Å². The van der Waals surface area contributed by atoms with E-state index in [4.69, 9.17) is 10.5 Å². The van der Waals surface area contributed by atoms with Gasteiger partial charge in [-0.15, -0.1) is 0 Å². The molecule has 1 amide bonds. The lowest BCUT2D eigenvalue weighted by atomic mass is 10.2. The Balaban J connectivity index is 1.97. The quantitative estimate of drug-likeness (QED) is 0.783. The van der Waals surface area contributed by atoms with E-state index in [2.05, 4.69) is 33.4 Å².